The van der Waals surface area contributed by atoms with Crippen LogP contribution in [-0.4, -0.2) is 18.1 Å². The van der Waals surface area contributed by atoms with Gasteiger partial charge in [-0.2, -0.15) is 0 Å². The van der Waals surface area contributed by atoms with Gasteiger partial charge in [0, 0.05) is 12.1 Å². The van der Waals surface area contributed by atoms with Crippen molar-refractivity contribution >= 4 is 17.3 Å². The van der Waals surface area contributed by atoms with Crippen molar-refractivity contribution in [3.8, 4) is 11.8 Å². The van der Waals surface area contributed by atoms with E-state index in [-0.39, 0.29) is 0 Å². The van der Waals surface area contributed by atoms with Crippen molar-refractivity contribution in [3.05, 3.63) is 18.0 Å². The highest BCUT2D eigenvalue weighted by molar-refractivity contribution is 5.89. The molecule has 1 heterocycles. The summed E-state index contributed by atoms with van der Waals surface area (Å²) in [6, 6.07) is 0. The molecule has 0 fully saturated rings. The van der Waals surface area contributed by atoms with Gasteiger partial charge in [0.25, 0.3) is 0 Å². The van der Waals surface area contributed by atoms with E-state index in [0.717, 1.165) is 0 Å². The number of nitrogen functional groups attached to an aromatic ring is 2. The van der Waals surface area contributed by atoms with Crippen LogP contribution in [0.4, 0.5) is 11.4 Å². The van der Waals surface area contributed by atoms with Crippen molar-refractivity contribution in [1.29, 1.82) is 0 Å². The zero-order valence-electron chi connectivity index (χ0n) is 7.57. The normalized spacial score (nSPS) is 8.64. The highest BCUT2D eigenvalue weighted by Gasteiger charge is 1.99. The highest BCUT2D eigenvalue weighted by Crippen LogP contribution is 2.15. The van der Waals surface area contributed by atoms with Gasteiger partial charge in [-0.3, -0.25) is 4.98 Å². The van der Waals surface area contributed by atoms with Crippen LogP contribution in [0.5, 0.6) is 0 Å². The van der Waals surface area contributed by atoms with Gasteiger partial charge in [0.05, 0.1) is 30.2 Å². The molecule has 0 atom stereocenters. The molecule has 0 aromatic carbocycles. The molecule has 1 aromatic heterocycles. The number of ether oxygens (including phenoxy) is 1. The van der Waals surface area contributed by atoms with Crippen LogP contribution in [-0.2, 0) is 9.53 Å². The van der Waals surface area contributed by atoms with E-state index >= 15 is 0 Å². The van der Waals surface area contributed by atoms with Crippen molar-refractivity contribution in [2.75, 3.05) is 18.6 Å². The fraction of sp³-hybridized carbons (Fsp3) is 0.111. The molecule has 5 heteroatoms. The Morgan fingerprint density at radius 3 is 2.86 bits per heavy atom. The highest BCUT2D eigenvalue weighted by atomic mass is 16.5. The van der Waals surface area contributed by atoms with Gasteiger partial charge >= 0.3 is 5.97 Å². The quantitative estimate of drug-likeness (QED) is 0.436. The van der Waals surface area contributed by atoms with E-state index in [1.807, 2.05) is 0 Å². The van der Waals surface area contributed by atoms with Gasteiger partial charge in [-0.05, 0) is 0 Å². The Kier molecular flexibility index (Phi) is 2.92. The summed E-state index contributed by atoms with van der Waals surface area (Å²) >= 11 is 0. The van der Waals surface area contributed by atoms with Crippen LogP contribution in [0.1, 0.15) is 5.56 Å². The van der Waals surface area contributed by atoms with Crippen molar-refractivity contribution in [1.82, 2.24) is 4.98 Å². The van der Waals surface area contributed by atoms with E-state index in [0.29, 0.717) is 16.9 Å². The number of hydrogen-bond donors (Lipinski definition) is 2. The Balaban J connectivity index is 3.01. The van der Waals surface area contributed by atoms with E-state index in [9.17, 15) is 4.79 Å². The number of hydrogen-bond acceptors (Lipinski definition) is 5. The van der Waals surface area contributed by atoms with E-state index in [2.05, 4.69) is 21.6 Å². The van der Waals surface area contributed by atoms with Crippen LogP contribution in [0, 0.1) is 11.8 Å². The number of anilines is 2. The van der Waals surface area contributed by atoms with Crippen LogP contribution in [0.25, 0.3) is 0 Å². The fourth-order valence-corrected chi connectivity index (χ4v) is 0.756. The molecule has 0 amide bonds. The van der Waals surface area contributed by atoms with Crippen LogP contribution in [0.15, 0.2) is 12.4 Å². The van der Waals surface area contributed by atoms with Crippen LogP contribution >= 0.6 is 0 Å². The summed E-state index contributed by atoms with van der Waals surface area (Å²) in [6.07, 6.45) is 2.85. The van der Waals surface area contributed by atoms with Gasteiger partial charge in [0.1, 0.15) is 0 Å². The lowest BCUT2D eigenvalue weighted by Gasteiger charge is -1.99. The van der Waals surface area contributed by atoms with E-state index in [4.69, 9.17) is 11.5 Å². The first-order chi connectivity index (χ1) is 6.65. The van der Waals surface area contributed by atoms with E-state index in [1.165, 1.54) is 19.5 Å². The Morgan fingerprint density at radius 2 is 2.21 bits per heavy atom. The maximum Gasteiger partial charge on any atom is 0.384 e. The number of aromatic nitrogens is 1. The zero-order chi connectivity index (χ0) is 10.6. The second-order valence-corrected chi connectivity index (χ2v) is 2.43. The Hall–Kier alpha value is -2.22. The third-order valence-corrected chi connectivity index (χ3v) is 1.50. The van der Waals surface area contributed by atoms with Crippen molar-refractivity contribution in [2.45, 2.75) is 0 Å². The van der Waals surface area contributed by atoms with Crippen molar-refractivity contribution in [3.63, 3.8) is 0 Å². The Labute approximate surface area is 81.1 Å². The van der Waals surface area contributed by atoms with Crippen molar-refractivity contribution < 1.29 is 9.53 Å². The lowest BCUT2D eigenvalue weighted by molar-refractivity contribution is -0.133. The molecular weight excluding hydrogens is 182 g/mol. The fourth-order valence-electron chi connectivity index (χ4n) is 0.756. The molecule has 1 rings (SSSR count). The minimum atomic E-state index is -0.633. The van der Waals surface area contributed by atoms with Gasteiger partial charge in [0.15, 0.2) is 0 Å². The largest absolute Gasteiger partial charge is 0.459 e. The summed E-state index contributed by atoms with van der Waals surface area (Å²) in [5.41, 5.74) is 12.1. The molecule has 72 valence electrons. The molecule has 0 aliphatic rings. The third kappa shape index (κ3) is 2.14. The minimum absolute atomic E-state index is 0.316. The Bertz CT molecular complexity index is 418. The molecule has 1 aromatic rings. The summed E-state index contributed by atoms with van der Waals surface area (Å²) in [7, 11) is 1.25. The average molecular weight is 191 g/mol. The van der Waals surface area contributed by atoms with E-state index < -0.39 is 5.97 Å². The summed E-state index contributed by atoms with van der Waals surface area (Å²) in [4.78, 5) is 14.5. The second-order valence-electron chi connectivity index (χ2n) is 2.43. The molecule has 0 bridgehead atoms. The third-order valence-electron chi connectivity index (χ3n) is 1.50. The van der Waals surface area contributed by atoms with Gasteiger partial charge in [-0.25, -0.2) is 4.79 Å². The minimum Gasteiger partial charge on any atom is -0.459 e. The summed E-state index contributed by atoms with van der Waals surface area (Å²) in [5.74, 6) is 4.11. The number of nitrogens with zero attached hydrogens (tertiary/aromatic N) is 1. The SMILES string of the molecule is COC(=O)C#Cc1cncc(N)c1N. The monoisotopic (exact) mass is 191 g/mol. The molecule has 0 saturated heterocycles. The van der Waals surface area contributed by atoms with Gasteiger partial charge < -0.3 is 16.2 Å². The number of nitrogens with two attached hydrogens (primary N) is 2. The smallest absolute Gasteiger partial charge is 0.384 e. The summed E-state index contributed by atoms with van der Waals surface area (Å²) in [5, 5.41) is 0. The number of pyridine rings is 1. The maximum absolute atomic E-state index is 10.7. The first-order valence-corrected chi connectivity index (χ1v) is 3.74. The zero-order valence-corrected chi connectivity index (χ0v) is 7.57. The Morgan fingerprint density at radius 1 is 1.50 bits per heavy atom. The standard InChI is InChI=1S/C9H9N3O2/c1-14-8(13)3-2-6-4-12-5-7(10)9(6)11/h4-5H,10H2,1H3,(H2,11,12). The lowest BCUT2D eigenvalue weighted by atomic mass is 10.2. The number of methoxy groups -OCH3 is 1. The molecule has 4 N–H and O–H groups in total. The molecule has 0 saturated carbocycles. The molecule has 0 aliphatic carbocycles. The van der Waals surface area contributed by atoms with Crippen molar-refractivity contribution in [2.24, 2.45) is 0 Å². The molecule has 0 radical (unpaired) electrons. The molecular formula is C9H9N3O2. The first-order valence-electron chi connectivity index (χ1n) is 3.74. The molecule has 14 heavy (non-hydrogen) atoms. The summed E-state index contributed by atoms with van der Waals surface area (Å²) in [6.45, 7) is 0. The number of carbonyl (C=O) groups excluding carboxylic acids is 1. The van der Waals surface area contributed by atoms with Gasteiger partial charge in [0.2, 0.25) is 0 Å². The lowest BCUT2D eigenvalue weighted by Crippen LogP contribution is -1.99. The number of rotatable bonds is 0. The van der Waals surface area contributed by atoms with Crippen LogP contribution in [0.3, 0.4) is 0 Å². The van der Waals surface area contributed by atoms with Gasteiger partial charge in [-0.15, -0.1) is 0 Å². The number of esters is 1. The number of carbonyl (C=O) groups is 1. The molecule has 0 spiro atoms. The predicted octanol–water partition coefficient (Wildman–Crippen LogP) is -0.230. The van der Waals surface area contributed by atoms with Gasteiger partial charge in [-0.1, -0.05) is 5.92 Å². The first kappa shape index (κ1) is 9.86. The summed E-state index contributed by atoms with van der Waals surface area (Å²) < 4.78 is 4.34. The second kappa shape index (κ2) is 4.14. The molecule has 0 unspecified atom stereocenters. The molecule has 0 aliphatic heterocycles. The molecule has 5 nitrogen and oxygen atoms in total. The maximum atomic E-state index is 10.7. The average Bonchev–Trinajstić information content (AvgIpc) is 2.20. The topological polar surface area (TPSA) is 91.2 Å². The predicted molar refractivity (Wildman–Crippen MR) is 52.0 cm³/mol. The van der Waals surface area contributed by atoms with E-state index in [1.54, 1.807) is 0 Å². The van der Waals surface area contributed by atoms with Crippen LogP contribution in [0.2, 0.25) is 0 Å². The van der Waals surface area contributed by atoms with Crippen LogP contribution < -0.4 is 11.5 Å².